The first kappa shape index (κ1) is 10.2. The van der Waals surface area contributed by atoms with Gasteiger partial charge in [-0.15, -0.1) is 0 Å². The van der Waals surface area contributed by atoms with E-state index >= 15 is 0 Å². The number of hydrogen-bond acceptors (Lipinski definition) is 2. The Morgan fingerprint density at radius 2 is 2.11 bits per heavy atom. The van der Waals surface area contributed by atoms with Crippen LogP contribution in [0.1, 0.15) is 0 Å². The molecule has 0 aliphatic carbocycles. The fraction of sp³-hybridized carbons (Fsp3) is 0. The van der Waals surface area contributed by atoms with Crippen LogP contribution in [0.15, 0.2) is 18.5 Å². The SMILES string of the molecule is I[I-]I.c1cnn[nH+]c1. The van der Waals surface area contributed by atoms with E-state index in [1.165, 1.54) is 0 Å². The van der Waals surface area contributed by atoms with Crippen molar-refractivity contribution in [1.29, 1.82) is 0 Å². The Kier molecular flexibility index (Phi) is 10.4. The molecule has 1 N–H and O–H groups in total. The molecule has 52 valence electrons. The quantitative estimate of drug-likeness (QED) is 0.421. The second kappa shape index (κ2) is 9.20. The van der Waals surface area contributed by atoms with E-state index in [9.17, 15) is 0 Å². The molecule has 1 rings (SSSR count). The zero-order valence-electron chi connectivity index (χ0n) is 4.26. The molecule has 0 saturated carbocycles. The summed E-state index contributed by atoms with van der Waals surface area (Å²) in [5, 5.41) is 9.42. The van der Waals surface area contributed by atoms with Gasteiger partial charge in [0.25, 0.3) is 0 Å². The van der Waals surface area contributed by atoms with E-state index in [2.05, 4.69) is 52.6 Å². The zero-order valence-corrected chi connectivity index (χ0v) is 10.7. The summed E-state index contributed by atoms with van der Waals surface area (Å²) < 4.78 is 0. The van der Waals surface area contributed by atoms with Gasteiger partial charge in [-0.1, -0.05) is 0 Å². The van der Waals surface area contributed by atoms with Crippen LogP contribution in [0.3, 0.4) is 0 Å². The standard InChI is InChI=1S/C3H3N3.I3/c1-2-4-6-5-3-1;1-3-2/h1-3H;/q;-1/p+1. The topological polar surface area (TPSA) is 39.9 Å². The van der Waals surface area contributed by atoms with Crippen molar-refractivity contribution in [1.82, 2.24) is 10.3 Å². The zero-order chi connectivity index (χ0) is 6.95. The normalized spacial score (nSPS) is 7.78. The molecule has 0 saturated heterocycles. The first-order valence-electron chi connectivity index (χ1n) is 1.92. The summed E-state index contributed by atoms with van der Waals surface area (Å²) in [4.78, 5) is 0. The Labute approximate surface area is 83.0 Å². The molecule has 0 bridgehead atoms. The van der Waals surface area contributed by atoms with Crippen molar-refractivity contribution in [3.8, 4) is 0 Å². The van der Waals surface area contributed by atoms with Crippen LogP contribution in [0.2, 0.25) is 0 Å². The van der Waals surface area contributed by atoms with Crippen molar-refractivity contribution in [3.63, 3.8) is 0 Å². The molecule has 1 aromatic heterocycles. The molecule has 0 aliphatic heterocycles. The van der Waals surface area contributed by atoms with E-state index < -0.39 is 0 Å². The van der Waals surface area contributed by atoms with Gasteiger partial charge >= 0.3 is 50.5 Å². The number of halogens is 3. The van der Waals surface area contributed by atoms with Gasteiger partial charge in [0.1, 0.15) is 11.4 Å². The van der Waals surface area contributed by atoms with Crippen LogP contribution in [0.25, 0.3) is 0 Å². The molecule has 9 heavy (non-hydrogen) atoms. The second-order valence-electron chi connectivity index (χ2n) is 0.907. The van der Waals surface area contributed by atoms with Crippen LogP contribution in [-0.2, 0) is 0 Å². The van der Waals surface area contributed by atoms with Gasteiger partial charge in [-0.05, 0) is 0 Å². The number of aromatic amines is 1. The van der Waals surface area contributed by atoms with Crippen LogP contribution in [0.5, 0.6) is 0 Å². The number of H-pyrrole nitrogens is 1. The average Bonchev–Trinajstić information content (AvgIpc) is 1.93. The smallest absolute Gasteiger partial charge is 0.151 e. The molecule has 0 spiro atoms. The molecule has 3 nitrogen and oxygen atoms in total. The molecule has 0 aromatic carbocycles. The molecular weight excluding hydrogens is 459 g/mol. The fourth-order valence-corrected chi connectivity index (χ4v) is 0.225. The van der Waals surface area contributed by atoms with Crippen molar-refractivity contribution >= 4 is 37.2 Å². The summed E-state index contributed by atoms with van der Waals surface area (Å²) in [6.45, 7) is 0. The van der Waals surface area contributed by atoms with Crippen molar-refractivity contribution < 1.29 is 18.4 Å². The minimum absolute atomic E-state index is 0.530. The number of aromatic nitrogens is 3. The fourth-order valence-electron chi connectivity index (χ4n) is 0.225. The minimum Gasteiger partial charge on any atom is -0.151 e. The van der Waals surface area contributed by atoms with Crippen LogP contribution < -0.4 is 18.4 Å². The number of hydrogen-bond donors (Lipinski definition) is 0. The van der Waals surface area contributed by atoms with Crippen molar-refractivity contribution in [2.24, 2.45) is 0 Å². The predicted molar refractivity (Wildman–Crippen MR) is 46.6 cm³/mol. The molecular formula is C3H4I3N3. The maximum Gasteiger partial charge on any atom is 0.171 e. The summed E-state index contributed by atoms with van der Waals surface area (Å²) in [7, 11) is 0. The Balaban J connectivity index is 0.000000187. The van der Waals surface area contributed by atoms with E-state index in [1.54, 1.807) is 18.5 Å². The number of nitrogens with zero attached hydrogens (tertiary/aromatic N) is 2. The molecule has 0 radical (unpaired) electrons. The molecule has 0 fully saturated rings. The minimum atomic E-state index is 0.530. The third-order valence-corrected chi connectivity index (χ3v) is 0.439. The summed E-state index contributed by atoms with van der Waals surface area (Å²) in [6.07, 6.45) is 3.31. The van der Waals surface area contributed by atoms with Gasteiger partial charge in [0, 0.05) is 6.07 Å². The van der Waals surface area contributed by atoms with E-state index in [4.69, 9.17) is 0 Å². The van der Waals surface area contributed by atoms with E-state index in [0.29, 0.717) is 13.3 Å². The van der Waals surface area contributed by atoms with Crippen LogP contribution in [0.4, 0.5) is 0 Å². The van der Waals surface area contributed by atoms with E-state index in [-0.39, 0.29) is 0 Å². The van der Waals surface area contributed by atoms with Crippen molar-refractivity contribution in [2.45, 2.75) is 0 Å². The molecule has 1 aromatic rings. The first-order valence-corrected chi connectivity index (χ1v) is 14.5. The summed E-state index contributed by atoms with van der Waals surface area (Å²) in [5.41, 5.74) is 0. The predicted octanol–water partition coefficient (Wildman–Crippen LogP) is -1.93. The average molecular weight is 463 g/mol. The summed E-state index contributed by atoms with van der Waals surface area (Å²) in [5.74, 6) is 0. The largest absolute Gasteiger partial charge is 0.171 e. The van der Waals surface area contributed by atoms with Gasteiger partial charge in [-0.2, -0.15) is 5.10 Å². The summed E-state index contributed by atoms with van der Waals surface area (Å²) in [6, 6.07) is 1.77. The van der Waals surface area contributed by atoms with Crippen molar-refractivity contribution in [3.05, 3.63) is 18.5 Å². The monoisotopic (exact) mass is 463 g/mol. The third kappa shape index (κ3) is 9.20. The Bertz CT molecular complexity index is 97.2. The number of nitrogens with one attached hydrogen (secondary N) is 1. The van der Waals surface area contributed by atoms with Gasteiger partial charge in [0.15, 0.2) is 6.20 Å². The van der Waals surface area contributed by atoms with E-state index in [0.717, 1.165) is 0 Å². The first-order chi connectivity index (χ1) is 4.41. The van der Waals surface area contributed by atoms with Gasteiger partial charge in [-0.25, -0.2) is 0 Å². The van der Waals surface area contributed by atoms with Gasteiger partial charge in [0.05, 0.1) is 5.10 Å². The number of rotatable bonds is 0. The Hall–Kier alpha value is 1.20. The molecule has 0 atom stereocenters. The maximum absolute atomic E-state index is 3.48. The Morgan fingerprint density at radius 3 is 2.22 bits per heavy atom. The van der Waals surface area contributed by atoms with E-state index in [1.807, 2.05) is 0 Å². The van der Waals surface area contributed by atoms with Gasteiger partial charge in [0.2, 0.25) is 0 Å². The van der Waals surface area contributed by atoms with Crippen LogP contribution in [-0.4, -0.2) is 10.3 Å². The molecule has 1 heterocycles. The van der Waals surface area contributed by atoms with Crippen LogP contribution in [0, 0.1) is 0 Å². The summed E-state index contributed by atoms with van der Waals surface area (Å²) >= 11 is 5.30. The van der Waals surface area contributed by atoms with Crippen LogP contribution >= 0.6 is 37.2 Å². The van der Waals surface area contributed by atoms with Gasteiger partial charge < -0.3 is 0 Å². The maximum atomic E-state index is 3.48. The second-order valence-corrected chi connectivity index (χ2v) is 17.2. The molecule has 0 aliphatic rings. The van der Waals surface area contributed by atoms with Crippen molar-refractivity contribution in [2.75, 3.05) is 0 Å². The van der Waals surface area contributed by atoms with Gasteiger partial charge in [-0.3, -0.25) is 0 Å². The Morgan fingerprint density at radius 1 is 1.44 bits per heavy atom. The third-order valence-electron chi connectivity index (χ3n) is 0.439. The molecule has 0 unspecified atom stereocenters. The molecule has 0 amide bonds. The molecule has 6 heteroatoms.